The molecule has 0 aliphatic carbocycles. The number of methoxy groups -OCH3 is 1. The molecule has 0 aromatic heterocycles. The average molecular weight is 343 g/mol. The first-order valence-corrected chi connectivity index (χ1v) is 8.74. The molecule has 5 nitrogen and oxygen atoms in total. The van der Waals surface area contributed by atoms with Crippen molar-refractivity contribution in [2.75, 3.05) is 20.3 Å². The van der Waals surface area contributed by atoms with E-state index in [9.17, 15) is 4.79 Å². The van der Waals surface area contributed by atoms with Crippen LogP contribution < -0.4 is 10.1 Å². The first kappa shape index (κ1) is 17.7. The highest BCUT2D eigenvalue weighted by Crippen LogP contribution is 2.27. The normalized spacial score (nSPS) is 18.2. The molecule has 5 heteroatoms. The molecule has 1 amide bonds. The molecular weight excluding hydrogens is 318 g/mol. The maximum Gasteiger partial charge on any atom is 0.249 e. The van der Waals surface area contributed by atoms with Crippen LogP contribution in [0.5, 0.6) is 5.75 Å². The van der Waals surface area contributed by atoms with E-state index in [1.54, 1.807) is 14.0 Å². The largest absolute Gasteiger partial charge is 0.496 e. The third-order valence-electron chi connectivity index (χ3n) is 4.58. The van der Waals surface area contributed by atoms with Crippen LogP contribution in [0.15, 0.2) is 36.4 Å². The standard InChI is InChI=1S/C20H25NO4/c1-14(25-13-16-7-5-11-24-16)20(22)21-12-18-17-8-4-3-6-15(17)9-10-19(18)23-2/h3-4,6,8-10,14,16H,5,7,11-13H2,1-2H3,(H,21,22)/t14-,16-/m1/s1. The first-order valence-electron chi connectivity index (χ1n) is 8.74. The van der Waals surface area contributed by atoms with Crippen molar-refractivity contribution in [3.05, 3.63) is 42.0 Å². The molecule has 3 rings (SSSR count). The Hall–Kier alpha value is -2.11. The van der Waals surface area contributed by atoms with Gasteiger partial charge in [0, 0.05) is 18.7 Å². The van der Waals surface area contributed by atoms with Crippen LogP contribution in [0.3, 0.4) is 0 Å². The lowest BCUT2D eigenvalue weighted by Gasteiger charge is -2.17. The van der Waals surface area contributed by atoms with Gasteiger partial charge in [-0.1, -0.05) is 30.3 Å². The zero-order valence-corrected chi connectivity index (χ0v) is 14.8. The maximum absolute atomic E-state index is 12.3. The molecule has 0 radical (unpaired) electrons. The van der Waals surface area contributed by atoms with E-state index in [1.807, 2.05) is 36.4 Å². The topological polar surface area (TPSA) is 56.8 Å². The van der Waals surface area contributed by atoms with E-state index in [2.05, 4.69) is 5.32 Å². The van der Waals surface area contributed by atoms with E-state index in [0.717, 1.165) is 41.5 Å². The summed E-state index contributed by atoms with van der Waals surface area (Å²) < 4.78 is 16.6. The molecule has 134 valence electrons. The molecule has 0 saturated carbocycles. The second-order valence-electron chi connectivity index (χ2n) is 6.30. The van der Waals surface area contributed by atoms with E-state index in [-0.39, 0.29) is 12.0 Å². The number of hydrogen-bond donors (Lipinski definition) is 1. The monoisotopic (exact) mass is 343 g/mol. The summed E-state index contributed by atoms with van der Waals surface area (Å²) in [5, 5.41) is 5.16. The van der Waals surface area contributed by atoms with E-state index in [1.165, 1.54) is 0 Å². The minimum atomic E-state index is -0.509. The zero-order chi connectivity index (χ0) is 17.6. The highest BCUT2D eigenvalue weighted by atomic mass is 16.5. The molecular formula is C20H25NO4. The molecule has 1 aliphatic rings. The third kappa shape index (κ3) is 4.30. The Morgan fingerprint density at radius 1 is 1.32 bits per heavy atom. The molecule has 0 spiro atoms. The van der Waals surface area contributed by atoms with Gasteiger partial charge in [-0.25, -0.2) is 0 Å². The lowest BCUT2D eigenvalue weighted by atomic mass is 10.0. The Morgan fingerprint density at radius 3 is 2.92 bits per heavy atom. The van der Waals surface area contributed by atoms with Crippen LogP contribution in [0.4, 0.5) is 0 Å². The van der Waals surface area contributed by atoms with E-state index >= 15 is 0 Å². The van der Waals surface area contributed by atoms with Crippen LogP contribution in [-0.2, 0) is 20.8 Å². The van der Waals surface area contributed by atoms with Gasteiger partial charge in [0.05, 0.1) is 19.8 Å². The Morgan fingerprint density at radius 2 is 2.16 bits per heavy atom. The molecule has 2 aromatic carbocycles. The number of carbonyl (C=O) groups is 1. The quantitative estimate of drug-likeness (QED) is 0.839. The highest BCUT2D eigenvalue weighted by molar-refractivity contribution is 5.88. The fourth-order valence-electron chi connectivity index (χ4n) is 3.11. The lowest BCUT2D eigenvalue weighted by Crippen LogP contribution is -2.35. The van der Waals surface area contributed by atoms with Gasteiger partial charge in [0.2, 0.25) is 5.91 Å². The summed E-state index contributed by atoms with van der Waals surface area (Å²) in [5.74, 6) is 0.639. The number of amides is 1. The van der Waals surface area contributed by atoms with Crippen LogP contribution in [0, 0.1) is 0 Å². The Bertz CT molecular complexity index is 725. The summed E-state index contributed by atoms with van der Waals surface area (Å²) >= 11 is 0. The summed E-state index contributed by atoms with van der Waals surface area (Å²) in [6.07, 6.45) is 1.68. The SMILES string of the molecule is COc1ccc2ccccc2c1CNC(=O)[C@@H](C)OC[C@H]1CCCO1. The van der Waals surface area contributed by atoms with E-state index < -0.39 is 6.10 Å². The summed E-state index contributed by atoms with van der Waals surface area (Å²) in [6, 6.07) is 12.0. The molecule has 0 bridgehead atoms. The average Bonchev–Trinajstić information content (AvgIpc) is 3.17. The van der Waals surface area contributed by atoms with Crippen molar-refractivity contribution >= 4 is 16.7 Å². The zero-order valence-electron chi connectivity index (χ0n) is 14.8. The molecule has 1 saturated heterocycles. The van der Waals surface area contributed by atoms with Crippen molar-refractivity contribution in [3.63, 3.8) is 0 Å². The van der Waals surface area contributed by atoms with Crippen molar-refractivity contribution in [3.8, 4) is 5.75 Å². The predicted octanol–water partition coefficient (Wildman–Crippen LogP) is 3.05. The number of rotatable bonds is 7. The molecule has 25 heavy (non-hydrogen) atoms. The number of carbonyl (C=O) groups excluding carboxylic acids is 1. The highest BCUT2D eigenvalue weighted by Gasteiger charge is 2.20. The Labute approximate surface area is 148 Å². The summed E-state index contributed by atoms with van der Waals surface area (Å²) in [6.45, 7) is 3.42. The third-order valence-corrected chi connectivity index (χ3v) is 4.58. The number of fused-ring (bicyclic) bond motifs is 1. The van der Waals surface area contributed by atoms with Gasteiger partial charge in [-0.2, -0.15) is 0 Å². The number of benzene rings is 2. The molecule has 2 aromatic rings. The molecule has 0 unspecified atom stereocenters. The van der Waals surface area contributed by atoms with Crippen LogP contribution in [0.25, 0.3) is 10.8 Å². The van der Waals surface area contributed by atoms with Gasteiger partial charge in [0.25, 0.3) is 0 Å². The van der Waals surface area contributed by atoms with Crippen LogP contribution in [0.2, 0.25) is 0 Å². The minimum absolute atomic E-state index is 0.119. The summed E-state index contributed by atoms with van der Waals surface area (Å²) in [5.41, 5.74) is 0.972. The Balaban J connectivity index is 1.62. The molecule has 1 aliphatic heterocycles. The van der Waals surface area contributed by atoms with Crippen molar-refractivity contribution < 1.29 is 19.0 Å². The van der Waals surface area contributed by atoms with Crippen LogP contribution >= 0.6 is 0 Å². The van der Waals surface area contributed by atoms with Crippen molar-refractivity contribution in [1.29, 1.82) is 0 Å². The van der Waals surface area contributed by atoms with Gasteiger partial charge in [0.15, 0.2) is 0 Å². The van der Waals surface area contributed by atoms with E-state index in [4.69, 9.17) is 14.2 Å². The molecule has 1 fully saturated rings. The smallest absolute Gasteiger partial charge is 0.249 e. The maximum atomic E-state index is 12.3. The molecule has 1 N–H and O–H groups in total. The predicted molar refractivity (Wildman–Crippen MR) is 96.7 cm³/mol. The first-order chi connectivity index (χ1) is 12.2. The second-order valence-corrected chi connectivity index (χ2v) is 6.30. The number of hydrogen-bond acceptors (Lipinski definition) is 4. The van der Waals surface area contributed by atoms with E-state index in [0.29, 0.717) is 13.2 Å². The number of ether oxygens (including phenoxy) is 3. The number of nitrogens with one attached hydrogen (secondary N) is 1. The summed E-state index contributed by atoms with van der Waals surface area (Å²) in [4.78, 5) is 12.3. The molecule has 1 heterocycles. The minimum Gasteiger partial charge on any atom is -0.496 e. The van der Waals surface area contributed by atoms with Gasteiger partial charge in [0.1, 0.15) is 11.9 Å². The fourth-order valence-corrected chi connectivity index (χ4v) is 3.11. The van der Waals surface area contributed by atoms with Crippen LogP contribution in [0.1, 0.15) is 25.3 Å². The van der Waals surface area contributed by atoms with Crippen molar-refractivity contribution in [2.24, 2.45) is 0 Å². The van der Waals surface area contributed by atoms with Crippen molar-refractivity contribution in [1.82, 2.24) is 5.32 Å². The summed E-state index contributed by atoms with van der Waals surface area (Å²) in [7, 11) is 1.64. The van der Waals surface area contributed by atoms with Crippen molar-refractivity contribution in [2.45, 2.75) is 38.5 Å². The van der Waals surface area contributed by atoms with Crippen LogP contribution in [-0.4, -0.2) is 38.4 Å². The van der Waals surface area contributed by atoms with Gasteiger partial charge < -0.3 is 19.5 Å². The fraction of sp³-hybridized carbons (Fsp3) is 0.450. The Kier molecular flexibility index (Phi) is 5.89. The van der Waals surface area contributed by atoms with Gasteiger partial charge >= 0.3 is 0 Å². The van der Waals surface area contributed by atoms with Gasteiger partial charge in [-0.15, -0.1) is 0 Å². The lowest BCUT2D eigenvalue weighted by molar-refractivity contribution is -0.133. The molecule has 2 atom stereocenters. The van der Waals surface area contributed by atoms with Gasteiger partial charge in [-0.05, 0) is 36.6 Å². The second kappa shape index (κ2) is 8.32. The van der Waals surface area contributed by atoms with Gasteiger partial charge in [-0.3, -0.25) is 4.79 Å².